The van der Waals surface area contributed by atoms with Crippen molar-refractivity contribution in [3.63, 3.8) is 0 Å². The van der Waals surface area contributed by atoms with Gasteiger partial charge >= 0.3 is 12.0 Å². The normalized spacial score (nSPS) is 20.8. The van der Waals surface area contributed by atoms with E-state index in [1.54, 1.807) is 11.5 Å². The Hall–Kier alpha value is -1.65. The molecule has 1 aromatic rings. The van der Waals surface area contributed by atoms with Gasteiger partial charge in [0.05, 0.1) is 12.7 Å². The number of esters is 1. The summed E-state index contributed by atoms with van der Waals surface area (Å²) >= 11 is 2.83. The second kappa shape index (κ2) is 11.8. The van der Waals surface area contributed by atoms with Crippen LogP contribution in [0.1, 0.15) is 55.9 Å². The van der Waals surface area contributed by atoms with Crippen molar-refractivity contribution in [3.05, 3.63) is 35.1 Å². The van der Waals surface area contributed by atoms with Gasteiger partial charge in [-0.25, -0.2) is 14.2 Å². The second-order valence-corrected chi connectivity index (χ2v) is 9.90. The molecule has 1 aliphatic rings. The SMILES string of the molecule is COC(=O)c1csc(SCCC2C(=O)CCC2C=CCC(C)(O)CCC(F)=C(F)F)n1. The molecule has 10 heteroatoms. The smallest absolute Gasteiger partial charge is 0.357 e. The Morgan fingerprint density at radius 3 is 2.87 bits per heavy atom. The highest BCUT2D eigenvalue weighted by atomic mass is 32.2. The molecule has 31 heavy (non-hydrogen) atoms. The predicted molar refractivity (Wildman–Crippen MR) is 114 cm³/mol. The molecule has 0 saturated heterocycles. The number of thioether (sulfide) groups is 1. The van der Waals surface area contributed by atoms with Gasteiger partial charge in [-0.3, -0.25) is 4.79 Å². The van der Waals surface area contributed by atoms with Crippen LogP contribution in [0.4, 0.5) is 13.2 Å². The third-order valence-electron chi connectivity index (χ3n) is 5.22. The first-order chi connectivity index (χ1) is 14.6. The summed E-state index contributed by atoms with van der Waals surface area (Å²) in [6.07, 6.45) is 2.73. The number of rotatable bonds is 11. The van der Waals surface area contributed by atoms with E-state index in [4.69, 9.17) is 0 Å². The molecule has 1 N–H and O–H groups in total. The molecule has 1 fully saturated rings. The Morgan fingerprint density at radius 1 is 1.45 bits per heavy atom. The number of hydrogen-bond donors (Lipinski definition) is 1. The van der Waals surface area contributed by atoms with E-state index >= 15 is 0 Å². The lowest BCUT2D eigenvalue weighted by Crippen LogP contribution is -2.23. The van der Waals surface area contributed by atoms with Crippen LogP contribution in [0.5, 0.6) is 0 Å². The number of thiazole rings is 1. The van der Waals surface area contributed by atoms with Crippen molar-refractivity contribution in [1.29, 1.82) is 0 Å². The summed E-state index contributed by atoms with van der Waals surface area (Å²) in [7, 11) is 1.30. The van der Waals surface area contributed by atoms with Gasteiger partial charge in [0.15, 0.2) is 15.9 Å². The fraction of sp³-hybridized carbons (Fsp3) is 0.571. The van der Waals surface area contributed by atoms with Gasteiger partial charge in [-0.15, -0.1) is 11.3 Å². The van der Waals surface area contributed by atoms with Crippen LogP contribution >= 0.6 is 23.1 Å². The maximum atomic E-state index is 13.0. The van der Waals surface area contributed by atoms with Crippen molar-refractivity contribution in [2.45, 2.75) is 55.4 Å². The molecule has 1 aromatic heterocycles. The fourth-order valence-electron chi connectivity index (χ4n) is 3.41. The number of carbonyl (C=O) groups is 2. The van der Waals surface area contributed by atoms with E-state index in [0.717, 1.165) is 10.8 Å². The lowest BCUT2D eigenvalue weighted by atomic mass is 9.90. The molecular weight excluding hydrogens is 451 g/mol. The number of ketones is 1. The standard InChI is InChI=1S/C21H26F3NO4S2/c1-21(28,10-7-15(22)18(23)24)9-3-4-13-5-6-17(26)14(13)8-11-30-20-25-16(12-31-20)19(27)29-2/h3-4,12-14,28H,5-11H2,1-2H3. The van der Waals surface area contributed by atoms with E-state index in [9.17, 15) is 27.9 Å². The van der Waals surface area contributed by atoms with Gasteiger partial charge in [0.2, 0.25) is 0 Å². The van der Waals surface area contributed by atoms with Gasteiger partial charge in [0, 0.05) is 29.9 Å². The van der Waals surface area contributed by atoms with E-state index in [0.29, 0.717) is 18.6 Å². The van der Waals surface area contributed by atoms with Gasteiger partial charge in [-0.05, 0) is 38.5 Å². The van der Waals surface area contributed by atoms with Crippen molar-refractivity contribution in [2.75, 3.05) is 12.9 Å². The number of nitrogens with zero attached hydrogens (tertiary/aromatic N) is 1. The molecule has 1 heterocycles. The summed E-state index contributed by atoms with van der Waals surface area (Å²) in [5, 5.41) is 11.9. The van der Waals surface area contributed by atoms with Crippen molar-refractivity contribution in [1.82, 2.24) is 4.98 Å². The second-order valence-electron chi connectivity index (χ2n) is 7.70. The largest absolute Gasteiger partial charge is 0.464 e. The third kappa shape index (κ3) is 8.08. The first kappa shape index (κ1) is 25.6. The number of carbonyl (C=O) groups excluding carboxylic acids is 2. The molecule has 3 unspecified atom stereocenters. The van der Waals surface area contributed by atoms with Crippen LogP contribution in [-0.2, 0) is 9.53 Å². The molecule has 3 atom stereocenters. The number of ether oxygens (including phenoxy) is 1. The molecule has 1 aliphatic carbocycles. The Labute approximate surface area is 187 Å². The summed E-state index contributed by atoms with van der Waals surface area (Å²) in [6, 6.07) is 0. The highest BCUT2D eigenvalue weighted by molar-refractivity contribution is 8.01. The highest BCUT2D eigenvalue weighted by Gasteiger charge is 2.32. The van der Waals surface area contributed by atoms with Crippen LogP contribution in [0.2, 0.25) is 0 Å². The molecule has 0 aromatic carbocycles. The average molecular weight is 478 g/mol. The Morgan fingerprint density at radius 2 is 2.19 bits per heavy atom. The zero-order valence-electron chi connectivity index (χ0n) is 17.4. The number of hydrogen-bond acceptors (Lipinski definition) is 7. The highest BCUT2D eigenvalue weighted by Crippen LogP contribution is 2.35. The Balaban J connectivity index is 1.83. The van der Waals surface area contributed by atoms with E-state index in [1.807, 2.05) is 6.08 Å². The van der Waals surface area contributed by atoms with Gasteiger partial charge in [-0.2, -0.15) is 8.78 Å². The summed E-state index contributed by atoms with van der Waals surface area (Å²) in [4.78, 5) is 27.9. The molecule has 5 nitrogen and oxygen atoms in total. The van der Waals surface area contributed by atoms with Crippen LogP contribution < -0.4 is 0 Å². The average Bonchev–Trinajstić information content (AvgIpc) is 3.33. The molecule has 0 spiro atoms. The minimum absolute atomic E-state index is 0.0470. The van der Waals surface area contributed by atoms with E-state index in [2.05, 4.69) is 9.72 Å². The minimum atomic E-state index is -2.35. The number of Topliss-reactive ketones (excluding diaryl/α,β-unsaturated/α-hetero) is 1. The van der Waals surface area contributed by atoms with E-state index in [1.165, 1.54) is 37.1 Å². The summed E-state index contributed by atoms with van der Waals surface area (Å²) in [6.45, 7) is 1.48. The first-order valence-electron chi connectivity index (χ1n) is 9.91. The molecular formula is C21H26F3NO4S2. The molecule has 1 saturated carbocycles. The van der Waals surface area contributed by atoms with Crippen LogP contribution in [0, 0.1) is 11.8 Å². The quantitative estimate of drug-likeness (QED) is 0.255. The van der Waals surface area contributed by atoms with E-state index in [-0.39, 0.29) is 36.2 Å². The van der Waals surface area contributed by atoms with Gasteiger partial charge in [0.1, 0.15) is 5.78 Å². The molecule has 0 amide bonds. The zero-order chi connectivity index (χ0) is 23.0. The van der Waals surface area contributed by atoms with Crippen LogP contribution in [0.25, 0.3) is 0 Å². The minimum Gasteiger partial charge on any atom is -0.464 e. The monoisotopic (exact) mass is 477 g/mol. The third-order valence-corrected chi connectivity index (χ3v) is 7.27. The Bertz CT molecular complexity index is 834. The van der Waals surface area contributed by atoms with E-state index < -0.39 is 29.9 Å². The first-order valence-corrected chi connectivity index (χ1v) is 11.8. The lowest BCUT2D eigenvalue weighted by molar-refractivity contribution is -0.121. The number of halogens is 3. The van der Waals surface area contributed by atoms with Crippen LogP contribution in [0.15, 0.2) is 33.8 Å². The zero-order valence-corrected chi connectivity index (χ0v) is 19.0. The topological polar surface area (TPSA) is 76.5 Å². The maximum Gasteiger partial charge on any atom is 0.357 e. The van der Waals surface area contributed by atoms with Gasteiger partial charge in [-0.1, -0.05) is 23.9 Å². The summed E-state index contributed by atoms with van der Waals surface area (Å²) < 4.78 is 42.6. The number of aromatic nitrogens is 1. The predicted octanol–water partition coefficient (Wildman–Crippen LogP) is 5.56. The van der Waals surface area contributed by atoms with Gasteiger partial charge in [0.25, 0.3) is 0 Å². The molecule has 0 bridgehead atoms. The fourth-order valence-corrected chi connectivity index (χ4v) is 5.30. The van der Waals surface area contributed by atoms with Crippen LogP contribution in [0.3, 0.4) is 0 Å². The Kier molecular flexibility index (Phi) is 9.77. The van der Waals surface area contributed by atoms with Crippen molar-refractivity contribution < 1.29 is 32.6 Å². The molecule has 0 aliphatic heterocycles. The van der Waals surface area contributed by atoms with Gasteiger partial charge < -0.3 is 9.84 Å². The van der Waals surface area contributed by atoms with Crippen LogP contribution in [-0.4, -0.2) is 40.3 Å². The van der Waals surface area contributed by atoms with Crippen molar-refractivity contribution in [2.24, 2.45) is 11.8 Å². The summed E-state index contributed by atoms with van der Waals surface area (Å²) in [5.41, 5.74) is -1.04. The van der Waals surface area contributed by atoms with Crippen molar-refractivity contribution in [3.8, 4) is 0 Å². The van der Waals surface area contributed by atoms with Crippen molar-refractivity contribution >= 4 is 34.9 Å². The molecule has 2 rings (SSSR count). The number of methoxy groups -OCH3 is 1. The lowest BCUT2D eigenvalue weighted by Gasteiger charge is -2.21. The molecule has 172 valence electrons. The maximum absolute atomic E-state index is 13.0. The number of aliphatic hydroxyl groups is 1. The molecule has 0 radical (unpaired) electrons. The summed E-state index contributed by atoms with van der Waals surface area (Å²) in [5.74, 6) is -1.19. The number of allylic oxidation sites excluding steroid dienone is 2.